The highest BCUT2D eigenvalue weighted by molar-refractivity contribution is 9.10. The molecule has 1 saturated carbocycles. The highest BCUT2D eigenvalue weighted by atomic mass is 79.9. The first-order chi connectivity index (χ1) is 9.92. The number of halogens is 3. The molecule has 1 N–H and O–H groups in total. The van der Waals surface area contributed by atoms with Gasteiger partial charge in [-0.2, -0.15) is 0 Å². The van der Waals surface area contributed by atoms with E-state index in [0.29, 0.717) is 10.9 Å². The van der Waals surface area contributed by atoms with Crippen molar-refractivity contribution in [2.24, 2.45) is 0 Å². The molecular weight excluding hydrogens is 338 g/mol. The van der Waals surface area contributed by atoms with E-state index in [1.54, 1.807) is 0 Å². The normalized spacial score (nSPS) is 19.2. The molecule has 1 fully saturated rings. The lowest BCUT2D eigenvalue weighted by Gasteiger charge is -2.43. The van der Waals surface area contributed by atoms with Crippen molar-refractivity contribution in [2.45, 2.75) is 43.7 Å². The van der Waals surface area contributed by atoms with Crippen LogP contribution in [0.1, 0.15) is 31.2 Å². The van der Waals surface area contributed by atoms with Crippen LogP contribution in [0, 0.1) is 11.6 Å². The van der Waals surface area contributed by atoms with Crippen LogP contribution in [0.3, 0.4) is 0 Å². The molecule has 1 aromatic carbocycles. The predicted octanol–water partition coefficient (Wildman–Crippen LogP) is 3.73. The first-order valence-corrected chi connectivity index (χ1v) is 8.18. The van der Waals surface area contributed by atoms with Crippen LogP contribution in [0.4, 0.5) is 8.78 Å². The van der Waals surface area contributed by atoms with Gasteiger partial charge in [-0.15, -0.1) is 0 Å². The van der Waals surface area contributed by atoms with Crippen LogP contribution < -0.4 is 5.32 Å². The van der Waals surface area contributed by atoms with Crippen LogP contribution >= 0.6 is 15.9 Å². The first-order valence-electron chi connectivity index (χ1n) is 7.39. The van der Waals surface area contributed by atoms with Crippen LogP contribution in [-0.4, -0.2) is 37.6 Å². The molecule has 0 bridgehead atoms. The van der Waals surface area contributed by atoms with Gasteiger partial charge in [-0.3, -0.25) is 0 Å². The first kappa shape index (κ1) is 16.8. The minimum Gasteiger partial charge on any atom is -0.315 e. The van der Waals surface area contributed by atoms with Gasteiger partial charge < -0.3 is 10.2 Å². The smallest absolute Gasteiger partial charge is 0.143 e. The number of nitrogens with zero attached hydrogens (tertiary/aromatic N) is 1. The average molecular weight is 361 g/mol. The summed E-state index contributed by atoms with van der Waals surface area (Å²) in [5.41, 5.74) is 0.132. The van der Waals surface area contributed by atoms with Crippen LogP contribution in [0.2, 0.25) is 0 Å². The zero-order chi connectivity index (χ0) is 15.6. The summed E-state index contributed by atoms with van der Waals surface area (Å²) in [6.07, 6.45) is 4.80. The lowest BCUT2D eigenvalue weighted by Crippen LogP contribution is -2.57. The Hall–Kier alpha value is -0.520. The van der Waals surface area contributed by atoms with E-state index in [4.69, 9.17) is 0 Å². The molecule has 0 saturated heterocycles. The molecule has 0 spiro atoms. The van der Waals surface area contributed by atoms with E-state index in [0.717, 1.165) is 12.8 Å². The second-order valence-electron chi connectivity index (χ2n) is 6.07. The van der Waals surface area contributed by atoms with Gasteiger partial charge in [0.25, 0.3) is 0 Å². The topological polar surface area (TPSA) is 15.3 Å². The van der Waals surface area contributed by atoms with E-state index in [-0.39, 0.29) is 17.1 Å². The van der Waals surface area contributed by atoms with E-state index in [1.807, 2.05) is 7.05 Å². The highest BCUT2D eigenvalue weighted by Gasteiger charge is 2.43. The molecule has 118 valence electrons. The number of benzene rings is 1. The number of hydrogen-bond donors (Lipinski definition) is 1. The summed E-state index contributed by atoms with van der Waals surface area (Å²) in [5, 5.41) is 3.30. The molecule has 0 aliphatic heterocycles. The van der Waals surface area contributed by atoms with Gasteiger partial charge in [-0.1, -0.05) is 12.8 Å². The number of hydrogen-bond acceptors (Lipinski definition) is 2. The Morgan fingerprint density at radius 3 is 2.43 bits per heavy atom. The van der Waals surface area contributed by atoms with E-state index in [2.05, 4.69) is 40.2 Å². The summed E-state index contributed by atoms with van der Waals surface area (Å²) in [5.74, 6) is -0.954. The maximum Gasteiger partial charge on any atom is 0.143 e. The predicted molar refractivity (Wildman–Crippen MR) is 85.5 cm³/mol. The van der Waals surface area contributed by atoms with Crippen molar-refractivity contribution in [3.63, 3.8) is 0 Å². The lowest BCUT2D eigenvalue weighted by atomic mass is 9.83. The van der Waals surface area contributed by atoms with Gasteiger partial charge in [0.15, 0.2) is 0 Å². The molecule has 0 amide bonds. The second-order valence-corrected chi connectivity index (χ2v) is 6.93. The minimum absolute atomic E-state index is 0.0216. The zero-order valence-corrected chi connectivity index (χ0v) is 14.4. The van der Waals surface area contributed by atoms with E-state index in [1.165, 1.54) is 25.0 Å². The monoisotopic (exact) mass is 360 g/mol. The van der Waals surface area contributed by atoms with Gasteiger partial charge in [0.1, 0.15) is 11.6 Å². The van der Waals surface area contributed by atoms with Crippen molar-refractivity contribution in [2.75, 3.05) is 21.1 Å². The molecule has 2 nitrogen and oxygen atoms in total. The molecule has 5 heteroatoms. The third-order valence-electron chi connectivity index (χ3n) is 4.90. The van der Waals surface area contributed by atoms with Gasteiger partial charge in [0.2, 0.25) is 0 Å². The Balaban J connectivity index is 2.33. The molecular formula is C16H23BrF2N2. The van der Waals surface area contributed by atoms with Crippen molar-refractivity contribution < 1.29 is 8.78 Å². The van der Waals surface area contributed by atoms with Crippen molar-refractivity contribution in [1.29, 1.82) is 0 Å². The molecule has 1 aromatic rings. The number of nitrogens with one attached hydrogen (secondary N) is 1. The number of rotatable bonds is 5. The lowest BCUT2D eigenvalue weighted by molar-refractivity contribution is 0.107. The molecule has 0 radical (unpaired) electrons. The van der Waals surface area contributed by atoms with Crippen LogP contribution in [0.5, 0.6) is 0 Å². The summed E-state index contributed by atoms with van der Waals surface area (Å²) < 4.78 is 28.6. The Labute approximate surface area is 134 Å². The molecule has 21 heavy (non-hydrogen) atoms. The molecule has 1 aliphatic carbocycles. The van der Waals surface area contributed by atoms with E-state index >= 15 is 0 Å². The molecule has 1 aliphatic rings. The van der Waals surface area contributed by atoms with Gasteiger partial charge in [-0.05, 0) is 68.5 Å². The Morgan fingerprint density at radius 1 is 1.29 bits per heavy atom. The van der Waals surface area contributed by atoms with Crippen molar-refractivity contribution in [3.05, 3.63) is 33.8 Å². The van der Waals surface area contributed by atoms with Crippen LogP contribution in [0.15, 0.2) is 16.6 Å². The second kappa shape index (κ2) is 6.71. The summed E-state index contributed by atoms with van der Waals surface area (Å²) in [6, 6.07) is 2.76. The number of likely N-dealkylation sites (N-methyl/N-ethyl adjacent to an activating group) is 2. The van der Waals surface area contributed by atoms with Gasteiger partial charge in [-0.25, -0.2) is 8.78 Å². The Bertz CT molecular complexity index is 499. The van der Waals surface area contributed by atoms with Gasteiger partial charge in [0.05, 0.1) is 4.47 Å². The molecule has 1 atom stereocenters. The van der Waals surface area contributed by atoms with Crippen LogP contribution in [-0.2, 0) is 6.42 Å². The van der Waals surface area contributed by atoms with E-state index < -0.39 is 11.6 Å². The molecule has 0 heterocycles. The quantitative estimate of drug-likeness (QED) is 0.804. The highest BCUT2D eigenvalue weighted by Crippen LogP contribution is 2.38. The fourth-order valence-corrected chi connectivity index (χ4v) is 3.99. The summed E-state index contributed by atoms with van der Waals surface area (Å²) in [4.78, 5) is 2.22. The zero-order valence-electron chi connectivity index (χ0n) is 12.8. The van der Waals surface area contributed by atoms with Gasteiger partial charge in [0, 0.05) is 17.1 Å². The fourth-order valence-electron chi connectivity index (χ4n) is 3.62. The summed E-state index contributed by atoms with van der Waals surface area (Å²) in [6.45, 7) is 0. The summed E-state index contributed by atoms with van der Waals surface area (Å²) >= 11 is 3.15. The molecule has 1 unspecified atom stereocenters. The molecule has 0 aromatic heterocycles. The standard InChI is InChI=1S/C16H23BrF2N2/c1-20-14(16(21(2)3)8-4-5-9-16)10-11-13(18)7-6-12(17)15(11)19/h6-7,14,20H,4-5,8-10H2,1-3H3. The minimum atomic E-state index is -0.484. The largest absolute Gasteiger partial charge is 0.315 e. The Morgan fingerprint density at radius 2 is 1.90 bits per heavy atom. The van der Waals surface area contributed by atoms with Crippen molar-refractivity contribution in [3.8, 4) is 0 Å². The Kier molecular flexibility index (Phi) is 5.38. The fraction of sp³-hybridized carbons (Fsp3) is 0.625. The third-order valence-corrected chi connectivity index (χ3v) is 5.52. The summed E-state index contributed by atoms with van der Waals surface area (Å²) in [7, 11) is 5.99. The van der Waals surface area contributed by atoms with E-state index in [9.17, 15) is 8.78 Å². The van der Waals surface area contributed by atoms with Gasteiger partial charge >= 0.3 is 0 Å². The maximum atomic E-state index is 14.2. The van der Waals surface area contributed by atoms with Crippen molar-refractivity contribution in [1.82, 2.24) is 10.2 Å². The average Bonchev–Trinajstić information content (AvgIpc) is 2.94. The van der Waals surface area contributed by atoms with Crippen LogP contribution in [0.25, 0.3) is 0 Å². The SMILES string of the molecule is CNC(Cc1c(F)ccc(Br)c1F)C1(N(C)C)CCCC1. The third kappa shape index (κ3) is 3.15. The molecule has 2 rings (SSSR count). The maximum absolute atomic E-state index is 14.2. The van der Waals surface area contributed by atoms with Crippen molar-refractivity contribution >= 4 is 15.9 Å².